The zero-order valence-corrected chi connectivity index (χ0v) is 24.7. The molecule has 1 heterocycles. The van der Waals surface area contributed by atoms with Gasteiger partial charge in [0.2, 0.25) is 0 Å². The van der Waals surface area contributed by atoms with Crippen LogP contribution in [0, 0.1) is 0 Å². The van der Waals surface area contributed by atoms with E-state index in [2.05, 4.69) is 180 Å². The van der Waals surface area contributed by atoms with E-state index < -0.39 is 0 Å². The number of aromatic nitrogens is 1. The minimum atomic E-state index is 1.17. The summed E-state index contributed by atoms with van der Waals surface area (Å²) < 4.78 is 2.38. The summed E-state index contributed by atoms with van der Waals surface area (Å²) in [4.78, 5) is 0. The highest BCUT2D eigenvalue weighted by Gasteiger charge is 2.17. The monoisotopic (exact) mass is 571 g/mol. The van der Waals surface area contributed by atoms with Crippen molar-refractivity contribution >= 4 is 43.4 Å². The summed E-state index contributed by atoms with van der Waals surface area (Å²) in [6.45, 7) is 0. The highest BCUT2D eigenvalue weighted by Crippen LogP contribution is 2.44. The summed E-state index contributed by atoms with van der Waals surface area (Å²) >= 11 is 0. The van der Waals surface area contributed by atoms with Crippen molar-refractivity contribution in [3.63, 3.8) is 0 Å². The van der Waals surface area contributed by atoms with Crippen LogP contribution in [0.3, 0.4) is 0 Å². The molecule has 0 saturated carbocycles. The number of hydrogen-bond acceptors (Lipinski definition) is 0. The molecule has 0 aliphatic carbocycles. The first-order valence-electron chi connectivity index (χ1n) is 15.5. The van der Waals surface area contributed by atoms with Crippen LogP contribution in [0.2, 0.25) is 0 Å². The Morgan fingerprint density at radius 2 is 0.689 bits per heavy atom. The van der Waals surface area contributed by atoms with E-state index in [0.29, 0.717) is 0 Å². The third kappa shape index (κ3) is 4.09. The highest BCUT2D eigenvalue weighted by atomic mass is 15.0. The van der Waals surface area contributed by atoms with Crippen LogP contribution in [-0.4, -0.2) is 4.57 Å². The Hall–Kier alpha value is -5.92. The van der Waals surface area contributed by atoms with Gasteiger partial charge in [-0.3, -0.25) is 0 Å². The maximum atomic E-state index is 2.38. The Morgan fingerprint density at radius 1 is 0.267 bits per heavy atom. The van der Waals surface area contributed by atoms with Crippen molar-refractivity contribution < 1.29 is 0 Å². The second kappa shape index (κ2) is 10.4. The predicted molar refractivity (Wildman–Crippen MR) is 192 cm³/mol. The van der Waals surface area contributed by atoms with Crippen molar-refractivity contribution in [2.45, 2.75) is 0 Å². The third-order valence-electron chi connectivity index (χ3n) is 9.18. The van der Waals surface area contributed by atoms with Gasteiger partial charge < -0.3 is 4.57 Å². The van der Waals surface area contributed by atoms with Crippen LogP contribution in [0.5, 0.6) is 0 Å². The molecule has 9 aromatic rings. The van der Waals surface area contributed by atoms with Crippen molar-refractivity contribution in [2.75, 3.05) is 0 Å². The first-order valence-corrected chi connectivity index (χ1v) is 15.5. The van der Waals surface area contributed by atoms with Crippen molar-refractivity contribution in [1.82, 2.24) is 4.57 Å². The van der Waals surface area contributed by atoms with Gasteiger partial charge in [0.1, 0.15) is 0 Å². The highest BCUT2D eigenvalue weighted by molar-refractivity contribution is 6.21. The molecular formula is C44H29N. The summed E-state index contributed by atoms with van der Waals surface area (Å²) in [7, 11) is 0. The molecular weight excluding hydrogens is 542 g/mol. The molecule has 0 radical (unpaired) electrons. The zero-order chi connectivity index (χ0) is 29.7. The van der Waals surface area contributed by atoms with Crippen molar-refractivity contribution in [3.8, 4) is 39.1 Å². The molecule has 0 fully saturated rings. The third-order valence-corrected chi connectivity index (χ3v) is 9.18. The Labute approximate surface area is 262 Å². The average molecular weight is 572 g/mol. The Morgan fingerprint density at radius 3 is 1.24 bits per heavy atom. The topological polar surface area (TPSA) is 4.93 Å². The second-order valence-corrected chi connectivity index (χ2v) is 11.7. The summed E-state index contributed by atoms with van der Waals surface area (Å²) in [5, 5.41) is 7.62. The minimum Gasteiger partial charge on any atom is -0.309 e. The molecule has 1 nitrogen and oxygen atoms in total. The molecule has 0 aliphatic rings. The predicted octanol–water partition coefficient (Wildman–Crippen LogP) is 12.1. The molecule has 1 heteroatoms. The first kappa shape index (κ1) is 25.6. The van der Waals surface area contributed by atoms with Gasteiger partial charge in [-0.05, 0) is 85.3 Å². The van der Waals surface area contributed by atoms with Crippen LogP contribution < -0.4 is 0 Å². The lowest BCUT2D eigenvalue weighted by molar-refractivity contribution is 1.18. The maximum Gasteiger partial charge on any atom is 0.0541 e. The van der Waals surface area contributed by atoms with E-state index in [1.165, 1.54) is 82.4 Å². The number of nitrogens with zero attached hydrogens (tertiary/aromatic N) is 1. The van der Waals surface area contributed by atoms with Crippen LogP contribution >= 0.6 is 0 Å². The van der Waals surface area contributed by atoms with E-state index in [1.807, 2.05) is 0 Å². The first-order chi connectivity index (χ1) is 22.3. The maximum absolute atomic E-state index is 2.38. The Bertz CT molecular complexity index is 2410. The van der Waals surface area contributed by atoms with Gasteiger partial charge in [-0.1, -0.05) is 146 Å². The van der Waals surface area contributed by atoms with Gasteiger partial charge in [0.25, 0.3) is 0 Å². The van der Waals surface area contributed by atoms with E-state index in [-0.39, 0.29) is 0 Å². The average Bonchev–Trinajstić information content (AvgIpc) is 3.45. The smallest absolute Gasteiger partial charge is 0.0541 e. The molecule has 45 heavy (non-hydrogen) atoms. The quantitative estimate of drug-likeness (QED) is 0.185. The van der Waals surface area contributed by atoms with Gasteiger partial charge in [-0.15, -0.1) is 0 Å². The van der Waals surface area contributed by atoms with Crippen LogP contribution in [0.4, 0.5) is 0 Å². The minimum absolute atomic E-state index is 1.17. The van der Waals surface area contributed by atoms with E-state index in [9.17, 15) is 0 Å². The fourth-order valence-electron chi connectivity index (χ4n) is 7.21. The van der Waals surface area contributed by atoms with Gasteiger partial charge in [0.05, 0.1) is 11.0 Å². The lowest BCUT2D eigenvalue weighted by atomic mass is 9.85. The van der Waals surface area contributed by atoms with Gasteiger partial charge in [0.15, 0.2) is 0 Å². The number of rotatable bonds is 4. The molecule has 0 saturated heterocycles. The summed E-state index contributed by atoms with van der Waals surface area (Å²) in [6, 6.07) is 63.9. The van der Waals surface area contributed by atoms with E-state index in [1.54, 1.807) is 0 Å². The molecule has 9 rings (SSSR count). The van der Waals surface area contributed by atoms with Crippen molar-refractivity contribution in [2.24, 2.45) is 0 Å². The van der Waals surface area contributed by atoms with Gasteiger partial charge in [-0.25, -0.2) is 0 Å². The molecule has 0 spiro atoms. The number of fused-ring (bicyclic) bond motifs is 5. The summed E-state index contributed by atoms with van der Waals surface area (Å²) in [5.41, 5.74) is 11.1. The fourth-order valence-corrected chi connectivity index (χ4v) is 7.21. The van der Waals surface area contributed by atoms with Crippen LogP contribution in [-0.2, 0) is 0 Å². The van der Waals surface area contributed by atoms with Gasteiger partial charge >= 0.3 is 0 Å². The van der Waals surface area contributed by atoms with Gasteiger partial charge in [-0.2, -0.15) is 0 Å². The number of para-hydroxylation sites is 2. The SMILES string of the molecule is c1ccc(-c2cccc(-c3c4ccccc4c(-c4ccc(-n5c6ccccc6c6ccccc65)cc4)c4ccccc34)c2)cc1. The standard InChI is InChI=1S/C44H29N/c1-2-13-30(14-3-1)32-15-12-16-33(29-32)44-39-21-6-4-19-37(39)43(38-20-5-7-22-40(38)44)31-25-27-34(28-26-31)45-41-23-10-8-17-35(41)36-18-9-11-24-42(36)45/h1-29H. The molecule has 0 aliphatic heterocycles. The Kier molecular flexibility index (Phi) is 5.89. The molecule has 0 N–H and O–H groups in total. The van der Waals surface area contributed by atoms with E-state index in [0.717, 1.165) is 0 Å². The molecule has 0 atom stereocenters. The molecule has 0 bridgehead atoms. The van der Waals surface area contributed by atoms with Crippen molar-refractivity contribution in [1.29, 1.82) is 0 Å². The molecule has 0 unspecified atom stereocenters. The lowest BCUT2D eigenvalue weighted by Gasteiger charge is -2.18. The van der Waals surface area contributed by atoms with E-state index >= 15 is 0 Å². The number of benzene rings is 8. The summed E-state index contributed by atoms with van der Waals surface area (Å²) in [6.07, 6.45) is 0. The second-order valence-electron chi connectivity index (χ2n) is 11.7. The number of hydrogen-bond donors (Lipinski definition) is 0. The normalized spacial score (nSPS) is 11.6. The fraction of sp³-hybridized carbons (Fsp3) is 0. The lowest BCUT2D eigenvalue weighted by Crippen LogP contribution is -1.94. The zero-order valence-electron chi connectivity index (χ0n) is 24.7. The van der Waals surface area contributed by atoms with E-state index in [4.69, 9.17) is 0 Å². The largest absolute Gasteiger partial charge is 0.309 e. The van der Waals surface area contributed by atoms with Crippen molar-refractivity contribution in [3.05, 3.63) is 176 Å². The molecule has 8 aromatic carbocycles. The van der Waals surface area contributed by atoms with Crippen LogP contribution in [0.25, 0.3) is 82.4 Å². The van der Waals surface area contributed by atoms with Crippen LogP contribution in [0.15, 0.2) is 176 Å². The van der Waals surface area contributed by atoms with Crippen LogP contribution in [0.1, 0.15) is 0 Å². The molecule has 1 aromatic heterocycles. The molecule has 210 valence electrons. The molecule has 0 amide bonds. The Balaban J connectivity index is 1.25. The van der Waals surface area contributed by atoms with Gasteiger partial charge in [0, 0.05) is 16.5 Å². The summed E-state index contributed by atoms with van der Waals surface area (Å²) in [5.74, 6) is 0.